The first-order valence-electron chi connectivity index (χ1n) is 7.01. The third-order valence-electron chi connectivity index (χ3n) is 4.40. The van der Waals surface area contributed by atoms with Crippen molar-refractivity contribution in [2.24, 2.45) is 16.3 Å². The Morgan fingerprint density at radius 2 is 2.00 bits per heavy atom. The van der Waals surface area contributed by atoms with Crippen LogP contribution < -0.4 is 5.73 Å². The predicted molar refractivity (Wildman–Crippen MR) is 75.3 cm³/mol. The Balaban J connectivity index is 1.83. The standard InChI is InChI=1S/C15H19N3O2/c16-13(17-20)15(7-8-15)14(19)18-9-3-6-11-4-1-2-5-12(11)10-18/h1-2,4-5,20H,3,6-10H2,(H2,16,17). The molecule has 3 N–H and O–H groups in total. The molecule has 0 atom stereocenters. The van der Waals surface area contributed by atoms with Gasteiger partial charge in [0.05, 0.1) is 0 Å². The lowest BCUT2D eigenvalue weighted by Crippen LogP contribution is -2.43. The molecule has 0 aromatic heterocycles. The van der Waals surface area contributed by atoms with E-state index in [9.17, 15) is 4.79 Å². The number of aryl methyl sites for hydroxylation is 1. The minimum absolute atomic E-state index is 0.00417. The molecule has 1 aromatic rings. The van der Waals surface area contributed by atoms with E-state index >= 15 is 0 Å². The van der Waals surface area contributed by atoms with Crippen molar-refractivity contribution in [1.29, 1.82) is 0 Å². The molecule has 5 nitrogen and oxygen atoms in total. The molecule has 2 aliphatic rings. The SMILES string of the molecule is N/C(=N/O)C1(C(=O)N2CCCc3ccccc3C2)CC1. The number of oxime groups is 1. The summed E-state index contributed by atoms with van der Waals surface area (Å²) in [4.78, 5) is 14.6. The van der Waals surface area contributed by atoms with Crippen molar-refractivity contribution >= 4 is 11.7 Å². The smallest absolute Gasteiger partial charge is 0.236 e. The highest BCUT2D eigenvalue weighted by Crippen LogP contribution is 2.47. The van der Waals surface area contributed by atoms with Gasteiger partial charge in [-0.2, -0.15) is 0 Å². The lowest BCUT2D eigenvalue weighted by atomic mass is 10.0. The zero-order valence-electron chi connectivity index (χ0n) is 11.4. The van der Waals surface area contributed by atoms with Gasteiger partial charge in [-0.25, -0.2) is 0 Å². The number of benzene rings is 1. The van der Waals surface area contributed by atoms with Crippen molar-refractivity contribution in [3.63, 3.8) is 0 Å². The van der Waals surface area contributed by atoms with Gasteiger partial charge in [-0.1, -0.05) is 29.4 Å². The summed E-state index contributed by atoms with van der Waals surface area (Å²) in [6, 6.07) is 8.24. The highest BCUT2D eigenvalue weighted by Gasteiger charge is 2.55. The third-order valence-corrected chi connectivity index (χ3v) is 4.40. The van der Waals surface area contributed by atoms with Gasteiger partial charge in [0.1, 0.15) is 5.41 Å². The van der Waals surface area contributed by atoms with Gasteiger partial charge in [-0.05, 0) is 36.8 Å². The van der Waals surface area contributed by atoms with Crippen LogP contribution in [0.1, 0.15) is 30.4 Å². The average molecular weight is 273 g/mol. The minimum atomic E-state index is -0.742. The van der Waals surface area contributed by atoms with Gasteiger partial charge in [0.2, 0.25) is 5.91 Å². The summed E-state index contributed by atoms with van der Waals surface area (Å²) in [5.74, 6) is 0.0598. The summed E-state index contributed by atoms with van der Waals surface area (Å²) in [5.41, 5.74) is 7.48. The zero-order chi connectivity index (χ0) is 14.2. The van der Waals surface area contributed by atoms with Crippen molar-refractivity contribution in [2.45, 2.75) is 32.2 Å². The van der Waals surface area contributed by atoms with Gasteiger partial charge in [0.15, 0.2) is 5.84 Å². The van der Waals surface area contributed by atoms with E-state index in [1.54, 1.807) is 0 Å². The zero-order valence-corrected chi connectivity index (χ0v) is 11.4. The number of carbonyl (C=O) groups excluding carboxylic acids is 1. The summed E-state index contributed by atoms with van der Waals surface area (Å²) in [6.45, 7) is 1.35. The Kier molecular flexibility index (Phi) is 3.12. The van der Waals surface area contributed by atoms with E-state index < -0.39 is 5.41 Å². The molecule has 0 radical (unpaired) electrons. The molecule has 1 saturated carbocycles. The predicted octanol–water partition coefficient (Wildman–Crippen LogP) is 1.49. The normalized spacial score (nSPS) is 21.0. The molecule has 0 spiro atoms. The highest BCUT2D eigenvalue weighted by atomic mass is 16.4. The molecule has 1 aliphatic heterocycles. The molecular formula is C15H19N3O2. The molecule has 0 saturated heterocycles. The summed E-state index contributed by atoms with van der Waals surface area (Å²) < 4.78 is 0. The summed E-state index contributed by atoms with van der Waals surface area (Å²) in [5, 5.41) is 11.9. The fraction of sp³-hybridized carbons (Fsp3) is 0.467. The number of nitrogens with two attached hydrogens (primary N) is 1. The van der Waals surface area contributed by atoms with E-state index in [1.165, 1.54) is 11.1 Å². The van der Waals surface area contributed by atoms with Crippen molar-refractivity contribution in [3.05, 3.63) is 35.4 Å². The van der Waals surface area contributed by atoms with Crippen molar-refractivity contribution in [2.75, 3.05) is 6.54 Å². The molecule has 3 rings (SSSR count). The molecule has 1 fully saturated rings. The van der Waals surface area contributed by atoms with Crippen molar-refractivity contribution < 1.29 is 10.0 Å². The van der Waals surface area contributed by atoms with Gasteiger partial charge in [-0.15, -0.1) is 0 Å². The molecule has 20 heavy (non-hydrogen) atoms. The van der Waals surface area contributed by atoms with E-state index in [0.29, 0.717) is 19.4 Å². The molecule has 0 unspecified atom stereocenters. The first-order chi connectivity index (χ1) is 9.67. The van der Waals surface area contributed by atoms with Crippen LogP contribution in [0.5, 0.6) is 0 Å². The van der Waals surface area contributed by atoms with Crippen LogP contribution in [-0.4, -0.2) is 28.4 Å². The Bertz CT molecular complexity index is 564. The number of hydrogen-bond acceptors (Lipinski definition) is 3. The number of fused-ring (bicyclic) bond motifs is 1. The van der Waals surface area contributed by atoms with E-state index in [0.717, 1.165) is 19.4 Å². The van der Waals surface area contributed by atoms with Crippen molar-refractivity contribution in [1.82, 2.24) is 4.90 Å². The Hall–Kier alpha value is -2.04. The van der Waals surface area contributed by atoms with Crippen LogP contribution in [0.4, 0.5) is 0 Å². The van der Waals surface area contributed by atoms with Crippen LogP contribution >= 0.6 is 0 Å². The number of carbonyl (C=O) groups is 1. The molecular weight excluding hydrogens is 254 g/mol. The maximum absolute atomic E-state index is 12.7. The maximum Gasteiger partial charge on any atom is 0.236 e. The van der Waals surface area contributed by atoms with Crippen LogP contribution in [0.15, 0.2) is 29.4 Å². The van der Waals surface area contributed by atoms with Crippen LogP contribution in [0.25, 0.3) is 0 Å². The van der Waals surface area contributed by atoms with E-state index in [1.807, 2.05) is 17.0 Å². The second kappa shape index (κ2) is 4.81. The summed E-state index contributed by atoms with van der Waals surface area (Å²) in [7, 11) is 0. The number of rotatable bonds is 2. The topological polar surface area (TPSA) is 78.9 Å². The molecule has 1 amide bonds. The highest BCUT2D eigenvalue weighted by molar-refractivity contribution is 6.09. The molecule has 106 valence electrons. The number of amides is 1. The van der Waals surface area contributed by atoms with Crippen molar-refractivity contribution in [3.8, 4) is 0 Å². The van der Waals surface area contributed by atoms with Gasteiger partial charge >= 0.3 is 0 Å². The van der Waals surface area contributed by atoms with Crippen LogP contribution in [0.3, 0.4) is 0 Å². The lowest BCUT2D eigenvalue weighted by Gasteiger charge is -2.25. The van der Waals surface area contributed by atoms with Crippen LogP contribution in [0.2, 0.25) is 0 Å². The summed E-state index contributed by atoms with van der Waals surface area (Å²) in [6.07, 6.45) is 3.31. The number of amidine groups is 1. The average Bonchev–Trinajstić information content (AvgIpc) is 3.29. The largest absolute Gasteiger partial charge is 0.409 e. The van der Waals surface area contributed by atoms with E-state index in [4.69, 9.17) is 10.9 Å². The Morgan fingerprint density at radius 3 is 2.65 bits per heavy atom. The third kappa shape index (κ3) is 2.03. The molecule has 1 heterocycles. The number of hydrogen-bond donors (Lipinski definition) is 2. The van der Waals surface area contributed by atoms with Gasteiger partial charge < -0.3 is 15.8 Å². The van der Waals surface area contributed by atoms with E-state index in [-0.39, 0.29) is 11.7 Å². The second-order valence-electron chi connectivity index (χ2n) is 5.67. The molecule has 1 aromatic carbocycles. The Morgan fingerprint density at radius 1 is 1.30 bits per heavy atom. The lowest BCUT2D eigenvalue weighted by molar-refractivity contribution is -0.135. The van der Waals surface area contributed by atoms with Crippen LogP contribution in [0, 0.1) is 5.41 Å². The Labute approximate surface area is 118 Å². The molecule has 1 aliphatic carbocycles. The maximum atomic E-state index is 12.7. The van der Waals surface area contributed by atoms with Gasteiger partial charge in [-0.3, -0.25) is 4.79 Å². The van der Waals surface area contributed by atoms with Gasteiger partial charge in [0, 0.05) is 13.1 Å². The summed E-state index contributed by atoms with van der Waals surface area (Å²) >= 11 is 0. The second-order valence-corrected chi connectivity index (χ2v) is 5.67. The molecule has 0 bridgehead atoms. The van der Waals surface area contributed by atoms with Gasteiger partial charge in [0.25, 0.3) is 0 Å². The first kappa shape index (κ1) is 13.0. The van der Waals surface area contributed by atoms with E-state index in [2.05, 4.69) is 17.3 Å². The number of nitrogens with zero attached hydrogens (tertiary/aromatic N) is 2. The quantitative estimate of drug-likeness (QED) is 0.371. The van der Waals surface area contributed by atoms with Crippen LogP contribution in [-0.2, 0) is 17.8 Å². The fourth-order valence-corrected chi connectivity index (χ4v) is 2.98. The monoisotopic (exact) mass is 273 g/mol. The first-order valence-corrected chi connectivity index (χ1v) is 7.01. The minimum Gasteiger partial charge on any atom is -0.409 e. The fourth-order valence-electron chi connectivity index (χ4n) is 2.98. The molecule has 5 heteroatoms.